The van der Waals surface area contributed by atoms with Crippen LogP contribution in [0.2, 0.25) is 0 Å². The highest BCUT2D eigenvalue weighted by atomic mass is 32.2. The van der Waals surface area contributed by atoms with Crippen molar-refractivity contribution in [1.29, 1.82) is 0 Å². The molecule has 0 aliphatic carbocycles. The van der Waals surface area contributed by atoms with E-state index in [1.54, 1.807) is 17.2 Å². The van der Waals surface area contributed by atoms with Crippen LogP contribution >= 0.6 is 11.8 Å². The van der Waals surface area contributed by atoms with Gasteiger partial charge in [0.1, 0.15) is 24.8 Å². The normalized spacial score (nSPS) is 23.3. The summed E-state index contributed by atoms with van der Waals surface area (Å²) in [4.78, 5) is 31.6. The van der Waals surface area contributed by atoms with Gasteiger partial charge in [-0.15, -0.1) is 0 Å². The Bertz CT molecular complexity index is 951. The molecule has 1 aromatic heterocycles. The van der Waals surface area contributed by atoms with Crippen LogP contribution in [0.25, 0.3) is 11.1 Å². The molecule has 1 aromatic carbocycles. The maximum Gasteiger partial charge on any atom is 0.415 e. The standard InChI is InChI=1S/C19H17N3O5S/c23-9-16-14-10-27-15-7-11(1-3-13(15)22(14)19(25)28-16)12-2-4-17(20-8-12)21-5-6-26-18(21)24/h1-4,7-8,14,16,23H,5-6,9-10H2/t14-,16-/m0/s1. The summed E-state index contributed by atoms with van der Waals surface area (Å²) in [5.74, 6) is 1.19. The number of hydrogen-bond donors (Lipinski definition) is 1. The summed E-state index contributed by atoms with van der Waals surface area (Å²) >= 11 is 1.15. The predicted molar refractivity (Wildman–Crippen MR) is 104 cm³/mol. The highest BCUT2D eigenvalue weighted by Gasteiger charge is 2.45. The van der Waals surface area contributed by atoms with Crippen molar-refractivity contribution in [2.45, 2.75) is 11.3 Å². The van der Waals surface area contributed by atoms with Crippen molar-refractivity contribution in [2.75, 3.05) is 36.2 Å². The number of ether oxygens (including phenoxy) is 2. The van der Waals surface area contributed by atoms with Gasteiger partial charge in [0, 0.05) is 11.8 Å². The molecule has 0 bridgehead atoms. The summed E-state index contributed by atoms with van der Waals surface area (Å²) in [6, 6.07) is 9.18. The third-order valence-electron chi connectivity index (χ3n) is 5.14. The molecule has 5 rings (SSSR count). The zero-order valence-corrected chi connectivity index (χ0v) is 15.6. The molecule has 3 aliphatic heterocycles. The van der Waals surface area contributed by atoms with Crippen LogP contribution in [0.5, 0.6) is 5.75 Å². The Kier molecular flexibility index (Phi) is 4.13. The van der Waals surface area contributed by atoms with Crippen LogP contribution in [0.1, 0.15) is 0 Å². The summed E-state index contributed by atoms with van der Waals surface area (Å²) in [6.45, 7) is 1.16. The lowest BCUT2D eigenvalue weighted by Crippen LogP contribution is -2.45. The fourth-order valence-corrected chi connectivity index (χ4v) is 4.72. The Morgan fingerprint density at radius 3 is 2.75 bits per heavy atom. The van der Waals surface area contributed by atoms with E-state index in [1.807, 2.05) is 24.3 Å². The maximum atomic E-state index is 12.4. The lowest BCUT2D eigenvalue weighted by atomic mass is 10.0. The van der Waals surface area contributed by atoms with Gasteiger partial charge in [-0.3, -0.25) is 14.6 Å². The van der Waals surface area contributed by atoms with E-state index >= 15 is 0 Å². The Morgan fingerprint density at radius 1 is 1.18 bits per heavy atom. The number of nitrogens with zero attached hydrogens (tertiary/aromatic N) is 3. The van der Waals surface area contributed by atoms with Crippen molar-refractivity contribution in [3.05, 3.63) is 36.5 Å². The van der Waals surface area contributed by atoms with Gasteiger partial charge < -0.3 is 14.6 Å². The van der Waals surface area contributed by atoms with Gasteiger partial charge in [-0.1, -0.05) is 17.8 Å². The van der Waals surface area contributed by atoms with E-state index in [4.69, 9.17) is 9.47 Å². The molecule has 0 spiro atoms. The lowest BCUT2D eigenvalue weighted by Gasteiger charge is -2.33. The topological polar surface area (TPSA) is 92.2 Å². The van der Waals surface area contributed by atoms with Crippen molar-refractivity contribution in [3.63, 3.8) is 0 Å². The van der Waals surface area contributed by atoms with E-state index in [1.165, 1.54) is 4.90 Å². The molecule has 9 heteroatoms. The minimum atomic E-state index is -0.383. The predicted octanol–water partition coefficient (Wildman–Crippen LogP) is 2.50. The molecule has 2 atom stereocenters. The van der Waals surface area contributed by atoms with Crippen LogP contribution in [0.4, 0.5) is 21.1 Å². The molecule has 8 nitrogen and oxygen atoms in total. The van der Waals surface area contributed by atoms with Gasteiger partial charge in [0.05, 0.1) is 30.1 Å². The van der Waals surface area contributed by atoms with Gasteiger partial charge in [0.2, 0.25) is 0 Å². The Balaban J connectivity index is 1.42. The van der Waals surface area contributed by atoms with E-state index in [0.29, 0.717) is 31.3 Å². The first-order valence-corrected chi connectivity index (χ1v) is 9.82. The fraction of sp³-hybridized carbons (Fsp3) is 0.316. The number of carbonyl (C=O) groups is 2. The zero-order chi connectivity index (χ0) is 19.3. The first-order valence-electron chi connectivity index (χ1n) is 8.94. The summed E-state index contributed by atoms with van der Waals surface area (Å²) in [5.41, 5.74) is 2.50. The molecule has 0 unspecified atom stereocenters. The Hall–Kier alpha value is -2.78. The first kappa shape index (κ1) is 17.3. The number of amides is 2. The van der Waals surface area contributed by atoms with E-state index in [-0.39, 0.29) is 29.2 Å². The number of pyridine rings is 1. The molecule has 2 aromatic rings. The van der Waals surface area contributed by atoms with Crippen LogP contribution < -0.4 is 14.5 Å². The Morgan fingerprint density at radius 2 is 2.04 bits per heavy atom. The third kappa shape index (κ3) is 2.70. The van der Waals surface area contributed by atoms with E-state index in [9.17, 15) is 14.7 Å². The molecule has 0 saturated carbocycles. The first-order chi connectivity index (χ1) is 13.7. The SMILES string of the molecule is O=C1OCCN1c1ccc(-c2ccc3c(c2)OC[C@H]2[C@H](CO)SC(=O)N32)cn1. The molecule has 2 saturated heterocycles. The molecule has 4 heterocycles. The number of carbonyl (C=O) groups excluding carboxylic acids is 2. The highest BCUT2D eigenvalue weighted by Crippen LogP contribution is 2.44. The minimum Gasteiger partial charge on any atom is -0.489 e. The quantitative estimate of drug-likeness (QED) is 0.848. The van der Waals surface area contributed by atoms with Crippen molar-refractivity contribution < 1.29 is 24.2 Å². The third-order valence-corrected chi connectivity index (χ3v) is 6.30. The molecule has 2 amide bonds. The van der Waals surface area contributed by atoms with Crippen molar-refractivity contribution in [2.24, 2.45) is 0 Å². The second-order valence-corrected chi connectivity index (χ2v) is 7.90. The van der Waals surface area contributed by atoms with Crippen molar-refractivity contribution in [1.82, 2.24) is 4.98 Å². The summed E-state index contributed by atoms with van der Waals surface area (Å²) < 4.78 is 10.8. The molecule has 2 fully saturated rings. The van der Waals surface area contributed by atoms with Gasteiger partial charge in [0.25, 0.3) is 5.24 Å². The molecule has 3 aliphatic rings. The fourth-order valence-electron chi connectivity index (χ4n) is 3.69. The number of aromatic nitrogens is 1. The number of aliphatic hydroxyl groups is 1. The van der Waals surface area contributed by atoms with Crippen LogP contribution in [-0.4, -0.2) is 59.1 Å². The summed E-state index contributed by atoms with van der Waals surface area (Å²) in [6.07, 6.45) is 1.32. The van der Waals surface area contributed by atoms with Crippen molar-refractivity contribution in [3.8, 4) is 16.9 Å². The Labute approximate surface area is 165 Å². The number of thioether (sulfide) groups is 1. The molecular weight excluding hydrogens is 382 g/mol. The maximum absolute atomic E-state index is 12.4. The molecule has 144 valence electrons. The minimum absolute atomic E-state index is 0.0586. The summed E-state index contributed by atoms with van der Waals surface area (Å²) in [7, 11) is 0. The van der Waals surface area contributed by atoms with Crippen LogP contribution in [0, 0.1) is 0 Å². The second kappa shape index (κ2) is 6.68. The number of rotatable bonds is 3. The van der Waals surface area contributed by atoms with Crippen LogP contribution in [0.15, 0.2) is 36.5 Å². The second-order valence-electron chi connectivity index (χ2n) is 6.71. The molecule has 1 N–H and O–H groups in total. The number of cyclic esters (lactones) is 1. The number of benzene rings is 1. The van der Waals surface area contributed by atoms with Gasteiger partial charge in [0.15, 0.2) is 0 Å². The largest absolute Gasteiger partial charge is 0.489 e. The summed E-state index contributed by atoms with van der Waals surface area (Å²) in [5, 5.41) is 9.25. The van der Waals surface area contributed by atoms with E-state index in [0.717, 1.165) is 28.6 Å². The molecular formula is C19H17N3O5S. The van der Waals surface area contributed by atoms with E-state index < -0.39 is 0 Å². The number of anilines is 2. The lowest BCUT2D eigenvalue weighted by molar-refractivity contribution is 0.181. The van der Waals surface area contributed by atoms with Crippen LogP contribution in [-0.2, 0) is 4.74 Å². The zero-order valence-electron chi connectivity index (χ0n) is 14.8. The average molecular weight is 399 g/mol. The van der Waals surface area contributed by atoms with Gasteiger partial charge in [-0.25, -0.2) is 9.78 Å². The van der Waals surface area contributed by atoms with Crippen molar-refractivity contribution >= 4 is 34.6 Å². The van der Waals surface area contributed by atoms with E-state index in [2.05, 4.69) is 4.98 Å². The van der Waals surface area contributed by atoms with Gasteiger partial charge >= 0.3 is 6.09 Å². The van der Waals surface area contributed by atoms with Crippen LogP contribution in [0.3, 0.4) is 0 Å². The number of aliphatic hydroxyl groups excluding tert-OH is 1. The van der Waals surface area contributed by atoms with Gasteiger partial charge in [-0.2, -0.15) is 0 Å². The molecule has 28 heavy (non-hydrogen) atoms. The average Bonchev–Trinajstić information content (AvgIpc) is 3.30. The number of fused-ring (bicyclic) bond motifs is 3. The molecule has 0 radical (unpaired) electrons. The highest BCUT2D eigenvalue weighted by molar-refractivity contribution is 8.15. The monoisotopic (exact) mass is 399 g/mol. The number of hydrogen-bond acceptors (Lipinski definition) is 7. The van der Waals surface area contributed by atoms with Gasteiger partial charge in [-0.05, 0) is 29.8 Å². The smallest absolute Gasteiger partial charge is 0.415 e.